The van der Waals surface area contributed by atoms with Crippen molar-refractivity contribution in [1.82, 2.24) is 4.98 Å². The molecule has 0 aromatic carbocycles. The predicted molar refractivity (Wildman–Crippen MR) is 125 cm³/mol. The lowest BCUT2D eigenvalue weighted by Gasteiger charge is -2.31. The number of oxazole rings is 1. The zero-order chi connectivity index (χ0) is 23.7. The molecule has 1 N–H and O–H groups in total. The fraction of sp³-hybridized carbons (Fsp3) is 0.692. The molecule has 0 spiro atoms. The van der Waals surface area contributed by atoms with Crippen molar-refractivity contribution in [3.8, 4) is 0 Å². The van der Waals surface area contributed by atoms with Gasteiger partial charge in [-0.2, -0.15) is 0 Å². The summed E-state index contributed by atoms with van der Waals surface area (Å²) in [7, 11) is 0. The van der Waals surface area contributed by atoms with E-state index in [1.807, 2.05) is 6.92 Å². The monoisotopic (exact) mass is 447 g/mol. The normalized spacial score (nSPS) is 20.4. The molecule has 1 aliphatic rings. The highest BCUT2D eigenvalue weighted by molar-refractivity contribution is 5.76. The summed E-state index contributed by atoms with van der Waals surface area (Å²) in [5, 5.41) is 9.21. The molecule has 1 saturated carbocycles. The molecule has 0 bridgehead atoms. The summed E-state index contributed by atoms with van der Waals surface area (Å²) in [6, 6.07) is 0. The number of rotatable bonds is 12. The van der Waals surface area contributed by atoms with E-state index in [0.717, 1.165) is 37.1 Å². The van der Waals surface area contributed by atoms with E-state index >= 15 is 0 Å². The second kappa shape index (κ2) is 12.4. The molecule has 1 heterocycles. The fourth-order valence-corrected chi connectivity index (χ4v) is 4.04. The second-order valence-electron chi connectivity index (χ2n) is 9.70. The van der Waals surface area contributed by atoms with Gasteiger partial charge in [-0.25, -0.2) is 9.78 Å². The Morgan fingerprint density at radius 3 is 2.59 bits per heavy atom. The number of allylic oxidation sites excluding steroid dienone is 4. The summed E-state index contributed by atoms with van der Waals surface area (Å²) < 4.78 is 17.5. The summed E-state index contributed by atoms with van der Waals surface area (Å²) in [4.78, 5) is 15.8. The first kappa shape index (κ1) is 26.3. The van der Waals surface area contributed by atoms with Crippen molar-refractivity contribution in [3.05, 3.63) is 41.1 Å². The van der Waals surface area contributed by atoms with E-state index in [0.29, 0.717) is 49.9 Å². The Hall–Kier alpha value is -1.92. The van der Waals surface area contributed by atoms with Gasteiger partial charge in [0, 0.05) is 13.0 Å². The fourth-order valence-electron chi connectivity index (χ4n) is 4.04. The number of aromatic nitrogens is 1. The van der Waals surface area contributed by atoms with Crippen molar-refractivity contribution < 1.29 is 23.8 Å². The molecule has 2 rings (SSSR count). The van der Waals surface area contributed by atoms with Crippen LogP contribution in [0.15, 0.2) is 28.2 Å². The minimum Gasteiger partial charge on any atom is -0.479 e. The van der Waals surface area contributed by atoms with E-state index in [1.54, 1.807) is 13.8 Å². The summed E-state index contributed by atoms with van der Waals surface area (Å²) in [6.45, 7) is 13.2. The number of ether oxygens (including phenoxy) is 2. The van der Waals surface area contributed by atoms with Crippen molar-refractivity contribution in [2.75, 3.05) is 13.2 Å². The van der Waals surface area contributed by atoms with Crippen LogP contribution in [0, 0.1) is 24.7 Å². The first-order valence-electron chi connectivity index (χ1n) is 11.8. The zero-order valence-corrected chi connectivity index (χ0v) is 20.6. The van der Waals surface area contributed by atoms with Gasteiger partial charge < -0.3 is 19.0 Å². The van der Waals surface area contributed by atoms with Crippen LogP contribution in [0.1, 0.15) is 77.6 Å². The van der Waals surface area contributed by atoms with Crippen molar-refractivity contribution in [2.45, 2.75) is 85.9 Å². The Bertz CT molecular complexity index is 790. The lowest BCUT2D eigenvalue weighted by molar-refractivity contribution is -0.163. The van der Waals surface area contributed by atoms with Crippen LogP contribution in [0.4, 0.5) is 0 Å². The van der Waals surface area contributed by atoms with Gasteiger partial charge in [-0.1, -0.05) is 44.1 Å². The third kappa shape index (κ3) is 8.21. The third-order valence-corrected chi connectivity index (χ3v) is 6.22. The van der Waals surface area contributed by atoms with Gasteiger partial charge in [0.15, 0.2) is 11.5 Å². The maximum atomic E-state index is 11.2. The predicted octanol–water partition coefficient (Wildman–Crippen LogP) is 5.89. The zero-order valence-electron chi connectivity index (χ0n) is 20.6. The highest BCUT2D eigenvalue weighted by Crippen LogP contribution is 2.30. The molecule has 1 aromatic heterocycles. The molecule has 0 radical (unpaired) electrons. The molecule has 1 aromatic rings. The largest absolute Gasteiger partial charge is 0.479 e. The SMILES string of the molecule is C/C=C(\C=C/Cc1nc(COCC2CCCC(COC(C)(C)C(=O)O)C2)c(C)o1)C(C)C. The van der Waals surface area contributed by atoms with E-state index in [-0.39, 0.29) is 0 Å². The molecule has 2 atom stereocenters. The summed E-state index contributed by atoms with van der Waals surface area (Å²) in [5.74, 6) is 1.96. The molecule has 0 amide bonds. The Morgan fingerprint density at radius 1 is 1.28 bits per heavy atom. The molecule has 6 nitrogen and oxygen atoms in total. The van der Waals surface area contributed by atoms with Crippen LogP contribution >= 0.6 is 0 Å². The van der Waals surface area contributed by atoms with Gasteiger partial charge in [0.2, 0.25) is 0 Å². The third-order valence-electron chi connectivity index (χ3n) is 6.22. The van der Waals surface area contributed by atoms with Crippen LogP contribution in [0.3, 0.4) is 0 Å². The molecular formula is C26H41NO5. The van der Waals surface area contributed by atoms with Crippen LogP contribution in [0.25, 0.3) is 0 Å². The number of carboxylic acid groups (broad SMARTS) is 1. The number of nitrogens with zero attached hydrogens (tertiary/aromatic N) is 1. The minimum absolute atomic E-state index is 0.385. The Morgan fingerprint density at radius 2 is 1.97 bits per heavy atom. The quantitative estimate of drug-likeness (QED) is 0.403. The van der Waals surface area contributed by atoms with Crippen molar-refractivity contribution in [2.24, 2.45) is 17.8 Å². The van der Waals surface area contributed by atoms with E-state index in [4.69, 9.17) is 13.9 Å². The number of carbonyl (C=O) groups is 1. The van der Waals surface area contributed by atoms with Crippen molar-refractivity contribution >= 4 is 5.97 Å². The molecule has 1 fully saturated rings. The Balaban J connectivity index is 1.77. The molecule has 2 unspecified atom stereocenters. The number of hydrogen-bond donors (Lipinski definition) is 1. The Labute approximate surface area is 193 Å². The van der Waals surface area contributed by atoms with Gasteiger partial charge in [-0.05, 0) is 64.7 Å². The summed E-state index contributed by atoms with van der Waals surface area (Å²) >= 11 is 0. The van der Waals surface area contributed by atoms with Crippen LogP contribution in [0.2, 0.25) is 0 Å². The average Bonchev–Trinajstić information content (AvgIpc) is 3.09. The molecule has 0 aliphatic heterocycles. The average molecular weight is 448 g/mol. The van der Waals surface area contributed by atoms with E-state index in [1.165, 1.54) is 5.57 Å². The van der Waals surface area contributed by atoms with Crippen LogP contribution < -0.4 is 0 Å². The van der Waals surface area contributed by atoms with E-state index < -0.39 is 11.6 Å². The van der Waals surface area contributed by atoms with Crippen LogP contribution in [-0.2, 0) is 27.3 Å². The summed E-state index contributed by atoms with van der Waals surface area (Å²) in [6.07, 6.45) is 11.4. The van der Waals surface area contributed by atoms with Gasteiger partial charge in [-0.3, -0.25) is 0 Å². The van der Waals surface area contributed by atoms with Gasteiger partial charge in [-0.15, -0.1) is 0 Å². The lowest BCUT2D eigenvalue weighted by atomic mass is 9.82. The van der Waals surface area contributed by atoms with Gasteiger partial charge >= 0.3 is 5.97 Å². The van der Waals surface area contributed by atoms with Crippen LogP contribution in [-0.4, -0.2) is 34.9 Å². The highest BCUT2D eigenvalue weighted by Gasteiger charge is 2.30. The minimum atomic E-state index is -1.13. The first-order chi connectivity index (χ1) is 15.1. The van der Waals surface area contributed by atoms with Gasteiger partial charge in [0.25, 0.3) is 0 Å². The number of aryl methyl sites for hydroxylation is 1. The van der Waals surface area contributed by atoms with Gasteiger partial charge in [0.1, 0.15) is 11.5 Å². The molecule has 180 valence electrons. The summed E-state index contributed by atoms with van der Waals surface area (Å²) in [5.41, 5.74) is 1.03. The lowest BCUT2D eigenvalue weighted by Crippen LogP contribution is -2.37. The number of hydrogen-bond acceptors (Lipinski definition) is 5. The Kier molecular flexibility index (Phi) is 10.2. The van der Waals surface area contributed by atoms with Crippen molar-refractivity contribution in [1.29, 1.82) is 0 Å². The van der Waals surface area contributed by atoms with E-state index in [2.05, 4.69) is 44.0 Å². The van der Waals surface area contributed by atoms with Crippen LogP contribution in [0.5, 0.6) is 0 Å². The maximum absolute atomic E-state index is 11.2. The number of carboxylic acids is 1. The molecule has 0 saturated heterocycles. The second-order valence-corrected chi connectivity index (χ2v) is 9.70. The van der Waals surface area contributed by atoms with E-state index in [9.17, 15) is 9.90 Å². The first-order valence-corrected chi connectivity index (χ1v) is 11.8. The highest BCUT2D eigenvalue weighted by atomic mass is 16.5. The van der Waals surface area contributed by atoms with Crippen molar-refractivity contribution in [3.63, 3.8) is 0 Å². The van der Waals surface area contributed by atoms with Gasteiger partial charge in [0.05, 0.1) is 13.2 Å². The molecule has 32 heavy (non-hydrogen) atoms. The smallest absolute Gasteiger partial charge is 0.335 e. The number of aliphatic carboxylic acids is 1. The molecular weight excluding hydrogens is 406 g/mol. The maximum Gasteiger partial charge on any atom is 0.335 e. The topological polar surface area (TPSA) is 81.8 Å². The standard InChI is InChI=1S/C26H41NO5/c1-7-22(18(2)3)12-9-13-24-27-23(19(4)32-24)17-30-15-20-10-8-11-21(14-20)16-31-26(5,6)25(28)29/h7,9,12,18,20-21H,8,10-11,13-17H2,1-6H3,(H,28,29)/b12-9-,22-7+. The molecule has 1 aliphatic carbocycles. The molecule has 6 heteroatoms.